The normalized spacial score (nSPS) is 9.80. The van der Waals surface area contributed by atoms with E-state index in [0.29, 0.717) is 17.1 Å². The number of amides is 1. The van der Waals surface area contributed by atoms with Gasteiger partial charge >= 0.3 is 0 Å². The molecule has 0 saturated carbocycles. The fourth-order valence-electron chi connectivity index (χ4n) is 1.16. The van der Waals surface area contributed by atoms with Gasteiger partial charge in [0.15, 0.2) is 0 Å². The number of carbonyl (C=O) groups excluding carboxylic acids is 1. The van der Waals surface area contributed by atoms with Crippen LogP contribution in [-0.4, -0.2) is 24.4 Å². The van der Waals surface area contributed by atoms with Crippen molar-refractivity contribution in [2.45, 2.75) is 4.90 Å². The van der Waals surface area contributed by atoms with Gasteiger partial charge in [-0.2, -0.15) is 0 Å². The summed E-state index contributed by atoms with van der Waals surface area (Å²) >= 11 is 10.1. The first-order valence-electron chi connectivity index (χ1n) is 4.41. The van der Waals surface area contributed by atoms with Crippen LogP contribution in [0.4, 0.5) is 0 Å². The number of thiol groups is 1. The molecule has 0 fully saturated rings. The molecule has 0 aliphatic carbocycles. The zero-order valence-electron chi connectivity index (χ0n) is 8.40. The fourth-order valence-corrected chi connectivity index (χ4v) is 1.56. The highest BCUT2D eigenvalue weighted by Gasteiger charge is 2.14. The molecule has 0 aliphatic heterocycles. The van der Waals surface area contributed by atoms with E-state index < -0.39 is 0 Å². The Bertz CT molecular complexity index is 392. The van der Waals surface area contributed by atoms with Gasteiger partial charge in [-0.25, -0.2) is 0 Å². The smallest absolute Gasteiger partial charge is 0.255 e. The van der Waals surface area contributed by atoms with Crippen LogP contribution >= 0.6 is 24.2 Å². The molecular weight excluding hydrogens is 230 g/mol. The molecular formula is C11H12ClNOS. The van der Waals surface area contributed by atoms with Crippen LogP contribution in [0.2, 0.25) is 5.02 Å². The average Bonchev–Trinajstić information content (AvgIpc) is 2.21. The van der Waals surface area contributed by atoms with E-state index in [1.54, 1.807) is 36.2 Å². The number of rotatable bonds is 3. The Morgan fingerprint density at radius 2 is 2.33 bits per heavy atom. The Balaban J connectivity index is 2.99. The lowest BCUT2D eigenvalue weighted by atomic mass is 10.2. The van der Waals surface area contributed by atoms with Crippen LogP contribution < -0.4 is 0 Å². The lowest BCUT2D eigenvalue weighted by Gasteiger charge is -2.15. The largest absolute Gasteiger partial charge is 0.338 e. The number of benzene rings is 1. The lowest BCUT2D eigenvalue weighted by molar-refractivity contribution is 0.0810. The number of carbonyl (C=O) groups is 1. The zero-order valence-corrected chi connectivity index (χ0v) is 10.1. The molecule has 0 atom stereocenters. The number of nitrogens with zero attached hydrogens (tertiary/aromatic N) is 1. The molecule has 0 radical (unpaired) electrons. The van der Waals surface area contributed by atoms with Crippen LogP contribution in [0.25, 0.3) is 0 Å². The van der Waals surface area contributed by atoms with E-state index >= 15 is 0 Å². The molecule has 1 aromatic rings. The molecule has 1 amide bonds. The summed E-state index contributed by atoms with van der Waals surface area (Å²) in [5, 5.41) is 0.439. The molecule has 0 bridgehead atoms. The van der Waals surface area contributed by atoms with Gasteiger partial charge in [0.25, 0.3) is 5.91 Å². The van der Waals surface area contributed by atoms with Crippen LogP contribution in [0, 0.1) is 0 Å². The SMILES string of the molecule is C=CCN(C)C(=O)c1cc(S)ccc1Cl. The van der Waals surface area contributed by atoms with E-state index in [0.717, 1.165) is 4.90 Å². The van der Waals surface area contributed by atoms with Crippen LogP contribution in [0.3, 0.4) is 0 Å². The molecule has 0 spiro atoms. The molecule has 0 unspecified atom stereocenters. The maximum atomic E-state index is 11.9. The second kappa shape index (κ2) is 5.24. The number of likely N-dealkylation sites (N-methyl/N-ethyl adjacent to an activating group) is 1. The molecule has 0 aromatic heterocycles. The van der Waals surface area contributed by atoms with Gasteiger partial charge in [-0.15, -0.1) is 19.2 Å². The fraction of sp³-hybridized carbons (Fsp3) is 0.182. The minimum absolute atomic E-state index is 0.129. The number of hydrogen-bond donors (Lipinski definition) is 1. The van der Waals surface area contributed by atoms with Gasteiger partial charge in [0.1, 0.15) is 0 Å². The zero-order chi connectivity index (χ0) is 11.4. The molecule has 15 heavy (non-hydrogen) atoms. The molecule has 80 valence electrons. The standard InChI is InChI=1S/C11H12ClNOS/c1-3-6-13(2)11(14)9-7-8(15)4-5-10(9)12/h3-5,7,15H,1,6H2,2H3. The first-order valence-corrected chi connectivity index (χ1v) is 5.23. The second-order valence-corrected chi connectivity index (χ2v) is 4.06. The molecule has 1 aromatic carbocycles. The molecule has 1 rings (SSSR count). The van der Waals surface area contributed by atoms with Crippen molar-refractivity contribution in [3.05, 3.63) is 41.4 Å². The molecule has 0 heterocycles. The molecule has 0 N–H and O–H groups in total. The second-order valence-electron chi connectivity index (χ2n) is 3.14. The summed E-state index contributed by atoms with van der Waals surface area (Å²) in [6.07, 6.45) is 1.66. The van der Waals surface area contributed by atoms with Crippen molar-refractivity contribution < 1.29 is 4.79 Å². The predicted octanol–water partition coefficient (Wildman–Crippen LogP) is 2.89. The Morgan fingerprint density at radius 3 is 2.93 bits per heavy atom. The predicted molar refractivity (Wildman–Crippen MR) is 65.9 cm³/mol. The summed E-state index contributed by atoms with van der Waals surface area (Å²) in [5.74, 6) is -0.129. The third kappa shape index (κ3) is 3.01. The molecule has 2 nitrogen and oxygen atoms in total. The highest BCUT2D eigenvalue weighted by molar-refractivity contribution is 7.80. The van der Waals surface area contributed by atoms with Crippen LogP contribution in [0.15, 0.2) is 35.7 Å². The summed E-state index contributed by atoms with van der Waals surface area (Å²) in [7, 11) is 1.70. The highest BCUT2D eigenvalue weighted by atomic mass is 35.5. The van der Waals surface area contributed by atoms with Crippen molar-refractivity contribution in [2.75, 3.05) is 13.6 Å². The van der Waals surface area contributed by atoms with Gasteiger partial charge < -0.3 is 4.90 Å². The van der Waals surface area contributed by atoms with Crippen LogP contribution in [0.5, 0.6) is 0 Å². The molecule has 0 aliphatic rings. The third-order valence-electron chi connectivity index (χ3n) is 1.93. The van der Waals surface area contributed by atoms with Crippen molar-refractivity contribution in [3.63, 3.8) is 0 Å². The third-order valence-corrected chi connectivity index (χ3v) is 2.54. The first kappa shape index (κ1) is 12.1. The lowest BCUT2D eigenvalue weighted by Crippen LogP contribution is -2.26. The van der Waals surface area contributed by atoms with Crippen LogP contribution in [-0.2, 0) is 0 Å². The summed E-state index contributed by atoms with van der Waals surface area (Å²) in [4.78, 5) is 14.1. The van der Waals surface area contributed by atoms with Crippen molar-refractivity contribution in [2.24, 2.45) is 0 Å². The van der Waals surface area contributed by atoms with Crippen molar-refractivity contribution in [1.29, 1.82) is 0 Å². The minimum atomic E-state index is -0.129. The van der Waals surface area contributed by atoms with Gasteiger partial charge in [0, 0.05) is 18.5 Å². The maximum Gasteiger partial charge on any atom is 0.255 e. The Morgan fingerprint density at radius 1 is 1.67 bits per heavy atom. The van der Waals surface area contributed by atoms with E-state index in [1.807, 2.05) is 0 Å². The van der Waals surface area contributed by atoms with Crippen LogP contribution in [0.1, 0.15) is 10.4 Å². The quantitative estimate of drug-likeness (QED) is 0.637. The Kier molecular flexibility index (Phi) is 4.24. The summed E-state index contributed by atoms with van der Waals surface area (Å²) in [6.45, 7) is 4.07. The summed E-state index contributed by atoms with van der Waals surface area (Å²) < 4.78 is 0. The van der Waals surface area contributed by atoms with Crippen molar-refractivity contribution >= 4 is 30.1 Å². The van der Waals surface area contributed by atoms with E-state index in [-0.39, 0.29) is 5.91 Å². The average molecular weight is 242 g/mol. The topological polar surface area (TPSA) is 20.3 Å². The van der Waals surface area contributed by atoms with E-state index in [2.05, 4.69) is 19.2 Å². The van der Waals surface area contributed by atoms with Crippen molar-refractivity contribution in [3.8, 4) is 0 Å². The van der Waals surface area contributed by atoms with E-state index in [4.69, 9.17) is 11.6 Å². The minimum Gasteiger partial charge on any atom is -0.338 e. The Hall–Kier alpha value is -0.930. The molecule has 0 saturated heterocycles. The van der Waals surface area contributed by atoms with Gasteiger partial charge in [-0.05, 0) is 18.2 Å². The molecule has 4 heteroatoms. The number of hydrogen-bond acceptors (Lipinski definition) is 2. The monoisotopic (exact) mass is 241 g/mol. The number of halogens is 1. The van der Waals surface area contributed by atoms with E-state index in [1.165, 1.54) is 0 Å². The van der Waals surface area contributed by atoms with Gasteiger partial charge in [-0.3, -0.25) is 4.79 Å². The first-order chi connectivity index (χ1) is 7.06. The summed E-state index contributed by atoms with van der Waals surface area (Å²) in [5.41, 5.74) is 0.466. The van der Waals surface area contributed by atoms with Gasteiger partial charge in [0.2, 0.25) is 0 Å². The van der Waals surface area contributed by atoms with Gasteiger partial charge in [-0.1, -0.05) is 17.7 Å². The summed E-state index contributed by atoms with van der Waals surface area (Å²) in [6, 6.07) is 5.07. The van der Waals surface area contributed by atoms with Crippen molar-refractivity contribution in [1.82, 2.24) is 4.90 Å². The Labute approximate surface area is 99.9 Å². The highest BCUT2D eigenvalue weighted by Crippen LogP contribution is 2.20. The maximum absolute atomic E-state index is 11.9. The van der Waals surface area contributed by atoms with Gasteiger partial charge in [0.05, 0.1) is 10.6 Å². The van der Waals surface area contributed by atoms with E-state index in [9.17, 15) is 4.79 Å².